The summed E-state index contributed by atoms with van der Waals surface area (Å²) in [6, 6.07) is 16.0. The van der Waals surface area contributed by atoms with Gasteiger partial charge in [0.25, 0.3) is 0 Å². The standard InChI is InChI=1S/C20H17NO3/c1-13(22)11-19-16-5-3-4-6-17(16)20(24-19)21-10-9-14-12-15(23-2)7-8-18(14)21/h3-12,20H,1-2H3/b19-11-. The largest absolute Gasteiger partial charge is 0.497 e. The zero-order valence-corrected chi connectivity index (χ0v) is 13.5. The lowest BCUT2D eigenvalue weighted by Crippen LogP contribution is -2.07. The van der Waals surface area contributed by atoms with Crippen LogP contribution in [0.2, 0.25) is 0 Å². The Hall–Kier alpha value is -3.01. The van der Waals surface area contributed by atoms with Gasteiger partial charge in [-0.2, -0.15) is 0 Å². The number of benzene rings is 2. The maximum atomic E-state index is 11.5. The van der Waals surface area contributed by atoms with Crippen molar-refractivity contribution >= 4 is 22.4 Å². The molecule has 1 atom stereocenters. The summed E-state index contributed by atoms with van der Waals surface area (Å²) in [6.07, 6.45) is 3.27. The van der Waals surface area contributed by atoms with Crippen molar-refractivity contribution in [1.29, 1.82) is 0 Å². The third-order valence-electron chi connectivity index (χ3n) is 4.25. The molecule has 1 aliphatic heterocycles. The van der Waals surface area contributed by atoms with Gasteiger partial charge >= 0.3 is 0 Å². The van der Waals surface area contributed by atoms with Crippen LogP contribution in [0.1, 0.15) is 24.3 Å². The van der Waals surface area contributed by atoms with E-state index in [2.05, 4.69) is 4.57 Å². The Morgan fingerprint density at radius 3 is 2.83 bits per heavy atom. The number of allylic oxidation sites excluding steroid dienone is 1. The maximum absolute atomic E-state index is 11.5. The molecule has 3 aromatic rings. The van der Waals surface area contributed by atoms with Crippen LogP contribution in [0.15, 0.2) is 60.8 Å². The van der Waals surface area contributed by atoms with Crippen molar-refractivity contribution in [3.8, 4) is 5.75 Å². The normalized spacial score (nSPS) is 17.8. The molecule has 4 nitrogen and oxygen atoms in total. The second-order valence-corrected chi connectivity index (χ2v) is 5.82. The lowest BCUT2D eigenvalue weighted by atomic mass is 10.1. The van der Waals surface area contributed by atoms with Crippen molar-refractivity contribution in [1.82, 2.24) is 4.57 Å². The fourth-order valence-corrected chi connectivity index (χ4v) is 3.16. The average molecular weight is 319 g/mol. The molecule has 2 heterocycles. The van der Waals surface area contributed by atoms with Gasteiger partial charge < -0.3 is 14.0 Å². The smallest absolute Gasteiger partial charge is 0.203 e. The molecule has 0 N–H and O–H groups in total. The van der Waals surface area contributed by atoms with Crippen molar-refractivity contribution < 1.29 is 14.3 Å². The molecular formula is C20H17NO3. The molecule has 1 aliphatic rings. The van der Waals surface area contributed by atoms with E-state index < -0.39 is 0 Å². The number of nitrogens with zero attached hydrogens (tertiary/aromatic N) is 1. The van der Waals surface area contributed by atoms with E-state index in [1.54, 1.807) is 13.2 Å². The molecule has 0 amide bonds. The summed E-state index contributed by atoms with van der Waals surface area (Å²) < 4.78 is 13.5. The summed E-state index contributed by atoms with van der Waals surface area (Å²) >= 11 is 0. The summed E-state index contributed by atoms with van der Waals surface area (Å²) in [4.78, 5) is 11.5. The SMILES string of the molecule is COc1ccc2c(ccn2C2O/C(=C\C(C)=O)c3ccccc32)c1. The lowest BCUT2D eigenvalue weighted by Gasteiger charge is -2.15. The monoisotopic (exact) mass is 319 g/mol. The van der Waals surface area contributed by atoms with Gasteiger partial charge in [-0.1, -0.05) is 24.3 Å². The minimum absolute atomic E-state index is 0.0254. The predicted molar refractivity (Wildman–Crippen MR) is 92.8 cm³/mol. The minimum Gasteiger partial charge on any atom is -0.497 e. The van der Waals surface area contributed by atoms with E-state index >= 15 is 0 Å². The number of carbonyl (C=O) groups is 1. The number of ether oxygens (including phenoxy) is 2. The van der Waals surface area contributed by atoms with Gasteiger partial charge in [0, 0.05) is 28.8 Å². The van der Waals surface area contributed by atoms with Gasteiger partial charge in [0.1, 0.15) is 11.5 Å². The third kappa shape index (κ3) is 2.27. The number of hydrogen-bond donors (Lipinski definition) is 0. The first-order valence-electron chi connectivity index (χ1n) is 7.80. The highest BCUT2D eigenvalue weighted by Crippen LogP contribution is 2.40. The number of ketones is 1. The van der Waals surface area contributed by atoms with E-state index in [0.717, 1.165) is 27.8 Å². The fraction of sp³-hybridized carbons (Fsp3) is 0.150. The quantitative estimate of drug-likeness (QED) is 0.681. The molecule has 2 aromatic carbocycles. The van der Waals surface area contributed by atoms with E-state index in [9.17, 15) is 4.79 Å². The molecule has 0 radical (unpaired) electrons. The van der Waals surface area contributed by atoms with Crippen LogP contribution in [0.5, 0.6) is 5.75 Å². The molecular weight excluding hydrogens is 302 g/mol. The Morgan fingerprint density at radius 1 is 1.21 bits per heavy atom. The Balaban J connectivity index is 1.84. The molecule has 0 aliphatic carbocycles. The number of hydrogen-bond acceptors (Lipinski definition) is 3. The van der Waals surface area contributed by atoms with Crippen molar-refractivity contribution in [2.45, 2.75) is 13.2 Å². The molecule has 0 saturated carbocycles. The van der Waals surface area contributed by atoms with Gasteiger partial charge in [0.05, 0.1) is 12.6 Å². The first kappa shape index (κ1) is 14.6. The van der Waals surface area contributed by atoms with Gasteiger partial charge in [-0.25, -0.2) is 0 Å². The van der Waals surface area contributed by atoms with Crippen LogP contribution < -0.4 is 4.74 Å². The van der Waals surface area contributed by atoms with Crippen LogP contribution in [0, 0.1) is 0 Å². The van der Waals surface area contributed by atoms with Gasteiger partial charge in [-0.3, -0.25) is 4.79 Å². The van der Waals surface area contributed by atoms with E-state index in [1.165, 1.54) is 6.92 Å². The van der Waals surface area contributed by atoms with E-state index in [4.69, 9.17) is 9.47 Å². The van der Waals surface area contributed by atoms with Gasteiger partial charge in [-0.15, -0.1) is 0 Å². The predicted octanol–water partition coefficient (Wildman–Crippen LogP) is 4.16. The molecule has 0 saturated heterocycles. The van der Waals surface area contributed by atoms with Crippen LogP contribution >= 0.6 is 0 Å². The maximum Gasteiger partial charge on any atom is 0.203 e. The Labute approximate surface area is 139 Å². The number of carbonyl (C=O) groups excluding carboxylic acids is 1. The Morgan fingerprint density at radius 2 is 2.04 bits per heavy atom. The second kappa shape index (κ2) is 5.57. The van der Waals surface area contributed by atoms with Gasteiger partial charge in [0.15, 0.2) is 5.78 Å². The summed E-state index contributed by atoms with van der Waals surface area (Å²) in [6.45, 7) is 1.53. The molecule has 1 aromatic heterocycles. The Kier molecular flexibility index (Phi) is 3.38. The molecule has 4 rings (SSSR count). The summed E-state index contributed by atoms with van der Waals surface area (Å²) in [7, 11) is 1.66. The fourth-order valence-electron chi connectivity index (χ4n) is 3.16. The lowest BCUT2D eigenvalue weighted by molar-refractivity contribution is -0.112. The number of fused-ring (bicyclic) bond motifs is 2. The molecule has 120 valence electrons. The zero-order chi connectivity index (χ0) is 16.7. The van der Waals surface area contributed by atoms with E-state index in [-0.39, 0.29) is 12.0 Å². The second-order valence-electron chi connectivity index (χ2n) is 5.82. The zero-order valence-electron chi connectivity index (χ0n) is 13.5. The van der Waals surface area contributed by atoms with Crippen molar-refractivity contribution in [2.24, 2.45) is 0 Å². The van der Waals surface area contributed by atoms with E-state index in [1.807, 2.05) is 54.7 Å². The summed E-state index contributed by atoms with van der Waals surface area (Å²) in [5.74, 6) is 1.42. The molecule has 24 heavy (non-hydrogen) atoms. The van der Waals surface area contributed by atoms with Crippen LogP contribution in [0.4, 0.5) is 0 Å². The average Bonchev–Trinajstić information content (AvgIpc) is 3.15. The molecule has 0 spiro atoms. The van der Waals surface area contributed by atoms with Crippen LogP contribution in [0.3, 0.4) is 0 Å². The van der Waals surface area contributed by atoms with Crippen molar-refractivity contribution in [2.75, 3.05) is 7.11 Å². The van der Waals surface area contributed by atoms with Crippen LogP contribution in [0.25, 0.3) is 16.7 Å². The van der Waals surface area contributed by atoms with E-state index in [0.29, 0.717) is 5.76 Å². The molecule has 0 fully saturated rings. The summed E-state index contributed by atoms with van der Waals surface area (Å²) in [5.41, 5.74) is 3.08. The first-order valence-corrected chi connectivity index (χ1v) is 7.80. The number of rotatable bonds is 3. The summed E-state index contributed by atoms with van der Waals surface area (Å²) in [5, 5.41) is 1.08. The van der Waals surface area contributed by atoms with Crippen LogP contribution in [-0.2, 0) is 9.53 Å². The van der Waals surface area contributed by atoms with Gasteiger partial charge in [0.2, 0.25) is 6.23 Å². The highest BCUT2D eigenvalue weighted by molar-refractivity contribution is 5.94. The van der Waals surface area contributed by atoms with Crippen molar-refractivity contribution in [3.63, 3.8) is 0 Å². The molecule has 0 bridgehead atoms. The minimum atomic E-state index is -0.280. The number of methoxy groups -OCH3 is 1. The van der Waals surface area contributed by atoms with Crippen LogP contribution in [-0.4, -0.2) is 17.5 Å². The number of aromatic nitrogens is 1. The van der Waals surface area contributed by atoms with Crippen molar-refractivity contribution in [3.05, 3.63) is 71.9 Å². The molecule has 1 unspecified atom stereocenters. The Bertz CT molecular complexity index is 968. The molecule has 4 heteroatoms. The third-order valence-corrected chi connectivity index (χ3v) is 4.25. The topological polar surface area (TPSA) is 40.5 Å². The first-order chi connectivity index (χ1) is 11.7. The van der Waals surface area contributed by atoms with Gasteiger partial charge in [-0.05, 0) is 31.2 Å². The highest BCUT2D eigenvalue weighted by Gasteiger charge is 2.29. The highest BCUT2D eigenvalue weighted by atomic mass is 16.5.